The predicted molar refractivity (Wildman–Crippen MR) is 56.9 cm³/mol. The van der Waals surface area contributed by atoms with E-state index in [2.05, 4.69) is 13.8 Å². The molecule has 0 unspecified atom stereocenters. The molecule has 1 saturated carbocycles. The van der Waals surface area contributed by atoms with Crippen molar-refractivity contribution in [3.63, 3.8) is 0 Å². The first-order valence-corrected chi connectivity index (χ1v) is 5.48. The van der Waals surface area contributed by atoms with Gasteiger partial charge in [0.15, 0.2) is 0 Å². The second-order valence-corrected chi connectivity index (χ2v) is 4.29. The van der Waals surface area contributed by atoms with Crippen LogP contribution in [-0.2, 0) is 9.53 Å². The van der Waals surface area contributed by atoms with E-state index in [4.69, 9.17) is 4.74 Å². The lowest BCUT2D eigenvalue weighted by atomic mass is 9.80. The summed E-state index contributed by atoms with van der Waals surface area (Å²) in [7, 11) is 0. The maximum atomic E-state index is 11.3. The molecule has 0 amide bonds. The van der Waals surface area contributed by atoms with E-state index in [1.165, 1.54) is 25.3 Å². The highest BCUT2D eigenvalue weighted by Crippen LogP contribution is 2.31. The highest BCUT2D eigenvalue weighted by Gasteiger charge is 2.30. The second-order valence-electron chi connectivity index (χ2n) is 4.29. The summed E-state index contributed by atoms with van der Waals surface area (Å²) in [6.07, 6.45) is 6.96. The minimum atomic E-state index is -0.196. The first kappa shape index (κ1) is 11.3. The molecule has 2 heteroatoms. The zero-order chi connectivity index (χ0) is 10.6. The van der Waals surface area contributed by atoms with Gasteiger partial charge in [-0.3, -0.25) is 0 Å². The fraction of sp³-hybridized carbons (Fsp3) is 0.750. The summed E-state index contributed by atoms with van der Waals surface area (Å²) in [6, 6.07) is 0. The lowest BCUT2D eigenvalue weighted by Gasteiger charge is -2.33. The molecular formula is C12H20O2. The molecule has 1 rings (SSSR count). The lowest BCUT2D eigenvalue weighted by molar-refractivity contribution is -0.150. The van der Waals surface area contributed by atoms with E-state index in [-0.39, 0.29) is 12.1 Å². The zero-order valence-electron chi connectivity index (χ0n) is 9.32. The van der Waals surface area contributed by atoms with Gasteiger partial charge in [-0.2, -0.15) is 0 Å². The van der Waals surface area contributed by atoms with Crippen molar-refractivity contribution in [3.05, 3.63) is 12.2 Å². The summed E-state index contributed by atoms with van der Waals surface area (Å²) in [6.45, 7) is 6.17. The molecule has 0 N–H and O–H groups in total. The van der Waals surface area contributed by atoms with Crippen molar-refractivity contribution in [1.29, 1.82) is 0 Å². The Morgan fingerprint density at radius 1 is 1.29 bits per heavy atom. The van der Waals surface area contributed by atoms with Crippen molar-refractivity contribution >= 4 is 5.97 Å². The Morgan fingerprint density at radius 3 is 2.36 bits per heavy atom. The van der Waals surface area contributed by atoms with E-state index >= 15 is 0 Å². The van der Waals surface area contributed by atoms with Crippen molar-refractivity contribution in [2.45, 2.75) is 46.1 Å². The number of rotatable bonds is 2. The maximum absolute atomic E-state index is 11.3. The van der Waals surface area contributed by atoms with Gasteiger partial charge in [0.25, 0.3) is 0 Å². The Labute approximate surface area is 86.3 Å². The van der Waals surface area contributed by atoms with E-state index in [0.29, 0.717) is 11.8 Å². The SMILES string of the molecule is C/C=C/C(=O)OC1[C@H](C)CCC[C@H]1C. The third kappa shape index (κ3) is 2.86. The molecule has 0 aromatic rings. The van der Waals surface area contributed by atoms with Gasteiger partial charge in [-0.05, 0) is 31.6 Å². The standard InChI is InChI=1S/C12H20O2/c1-4-6-11(13)14-12-9(2)7-5-8-10(12)3/h4,6,9-10,12H,5,7-8H2,1-3H3/b6-4+/t9-,10-/m1/s1. The molecule has 0 saturated heterocycles. The van der Waals surface area contributed by atoms with Crippen LogP contribution in [0.1, 0.15) is 40.0 Å². The van der Waals surface area contributed by atoms with Crippen molar-refractivity contribution < 1.29 is 9.53 Å². The highest BCUT2D eigenvalue weighted by molar-refractivity contribution is 5.81. The average Bonchev–Trinajstić information content (AvgIpc) is 2.12. The van der Waals surface area contributed by atoms with Crippen LogP contribution in [0.3, 0.4) is 0 Å². The number of hydrogen-bond acceptors (Lipinski definition) is 2. The molecule has 0 aliphatic heterocycles. The topological polar surface area (TPSA) is 26.3 Å². The van der Waals surface area contributed by atoms with Gasteiger partial charge in [-0.1, -0.05) is 26.3 Å². The van der Waals surface area contributed by atoms with E-state index in [1.54, 1.807) is 6.08 Å². The van der Waals surface area contributed by atoms with Gasteiger partial charge in [-0.25, -0.2) is 4.79 Å². The van der Waals surface area contributed by atoms with Crippen molar-refractivity contribution in [2.75, 3.05) is 0 Å². The Morgan fingerprint density at radius 2 is 1.86 bits per heavy atom. The van der Waals surface area contributed by atoms with Crippen LogP contribution in [0.15, 0.2) is 12.2 Å². The van der Waals surface area contributed by atoms with E-state index in [0.717, 1.165) is 0 Å². The number of carbonyl (C=O) groups is 1. The highest BCUT2D eigenvalue weighted by atomic mass is 16.5. The van der Waals surface area contributed by atoms with Crippen LogP contribution in [0.25, 0.3) is 0 Å². The molecule has 0 spiro atoms. The molecule has 0 heterocycles. The normalized spacial score (nSPS) is 29.4. The van der Waals surface area contributed by atoms with Crippen LogP contribution < -0.4 is 0 Å². The summed E-state index contributed by atoms with van der Waals surface area (Å²) in [5.74, 6) is 0.819. The van der Waals surface area contributed by atoms with Gasteiger partial charge >= 0.3 is 5.97 Å². The van der Waals surface area contributed by atoms with Gasteiger partial charge in [0.05, 0.1) is 0 Å². The molecule has 0 bridgehead atoms. The van der Waals surface area contributed by atoms with E-state index < -0.39 is 0 Å². The number of hydrogen-bond donors (Lipinski definition) is 0. The van der Waals surface area contributed by atoms with Crippen LogP contribution in [0.2, 0.25) is 0 Å². The monoisotopic (exact) mass is 196 g/mol. The second kappa shape index (κ2) is 5.18. The van der Waals surface area contributed by atoms with Gasteiger partial charge < -0.3 is 4.74 Å². The number of ether oxygens (including phenoxy) is 1. The summed E-state index contributed by atoms with van der Waals surface area (Å²) in [5, 5.41) is 0. The molecule has 0 radical (unpaired) electrons. The molecule has 0 aromatic heterocycles. The van der Waals surface area contributed by atoms with Crippen LogP contribution in [0.5, 0.6) is 0 Å². The minimum absolute atomic E-state index is 0.118. The number of allylic oxidation sites excluding steroid dienone is 1. The molecule has 1 aliphatic carbocycles. The molecule has 1 fully saturated rings. The molecular weight excluding hydrogens is 176 g/mol. The van der Waals surface area contributed by atoms with Crippen LogP contribution in [0, 0.1) is 11.8 Å². The van der Waals surface area contributed by atoms with Gasteiger partial charge in [0.1, 0.15) is 6.10 Å². The van der Waals surface area contributed by atoms with Crippen molar-refractivity contribution in [1.82, 2.24) is 0 Å². The fourth-order valence-corrected chi connectivity index (χ4v) is 2.19. The third-order valence-electron chi connectivity index (χ3n) is 3.00. The fourth-order valence-electron chi connectivity index (χ4n) is 2.19. The smallest absolute Gasteiger partial charge is 0.330 e. The lowest BCUT2D eigenvalue weighted by Crippen LogP contribution is -2.34. The van der Waals surface area contributed by atoms with Crippen molar-refractivity contribution in [2.24, 2.45) is 11.8 Å². The van der Waals surface area contributed by atoms with E-state index in [9.17, 15) is 4.79 Å². The van der Waals surface area contributed by atoms with E-state index in [1.807, 2.05) is 6.92 Å². The molecule has 80 valence electrons. The summed E-state index contributed by atoms with van der Waals surface area (Å²) < 4.78 is 5.43. The van der Waals surface area contributed by atoms with Crippen LogP contribution in [-0.4, -0.2) is 12.1 Å². The van der Waals surface area contributed by atoms with Gasteiger partial charge in [0.2, 0.25) is 0 Å². The van der Waals surface area contributed by atoms with Crippen molar-refractivity contribution in [3.8, 4) is 0 Å². The zero-order valence-corrected chi connectivity index (χ0v) is 9.32. The maximum Gasteiger partial charge on any atom is 0.330 e. The largest absolute Gasteiger partial charge is 0.459 e. The third-order valence-corrected chi connectivity index (χ3v) is 3.00. The Hall–Kier alpha value is -0.790. The summed E-state index contributed by atoms with van der Waals surface area (Å²) in [4.78, 5) is 11.3. The summed E-state index contributed by atoms with van der Waals surface area (Å²) in [5.41, 5.74) is 0. The predicted octanol–water partition coefficient (Wildman–Crippen LogP) is 2.93. The molecule has 0 aromatic carbocycles. The van der Waals surface area contributed by atoms with Crippen LogP contribution in [0.4, 0.5) is 0 Å². The average molecular weight is 196 g/mol. The molecule has 2 nitrogen and oxygen atoms in total. The molecule has 2 atom stereocenters. The molecule has 1 aliphatic rings. The Kier molecular flexibility index (Phi) is 4.18. The van der Waals surface area contributed by atoms with Gasteiger partial charge in [-0.15, -0.1) is 0 Å². The first-order valence-electron chi connectivity index (χ1n) is 5.48. The molecule has 14 heavy (non-hydrogen) atoms. The summed E-state index contributed by atoms with van der Waals surface area (Å²) >= 11 is 0. The number of esters is 1. The first-order chi connectivity index (χ1) is 6.65. The Bertz CT molecular complexity index is 210. The minimum Gasteiger partial charge on any atom is -0.459 e. The Balaban J connectivity index is 2.51. The van der Waals surface area contributed by atoms with Crippen LogP contribution >= 0.6 is 0 Å². The quantitative estimate of drug-likeness (QED) is 0.501. The van der Waals surface area contributed by atoms with Gasteiger partial charge in [0, 0.05) is 6.08 Å². The number of carbonyl (C=O) groups excluding carboxylic acids is 1.